The van der Waals surface area contributed by atoms with Crippen LogP contribution in [-0.4, -0.2) is 17.3 Å². The maximum atomic E-state index is 5.80. The van der Waals surface area contributed by atoms with E-state index in [1.165, 1.54) is 0 Å². The molecule has 27 heavy (non-hydrogen) atoms. The Balaban J connectivity index is 1.52. The molecule has 3 aromatic carbocycles. The molecule has 0 N–H and O–H groups in total. The van der Waals surface area contributed by atoms with E-state index in [0.29, 0.717) is 11.8 Å². The first-order valence-corrected chi connectivity index (χ1v) is 8.47. The van der Waals surface area contributed by atoms with Crippen molar-refractivity contribution >= 4 is 0 Å². The molecule has 0 unspecified atom stereocenters. The molecule has 0 atom stereocenters. The topological polar surface area (TPSA) is 48.2 Å². The van der Waals surface area contributed by atoms with Gasteiger partial charge in [-0.15, -0.1) is 10.2 Å². The Kier molecular flexibility index (Phi) is 4.67. The molecule has 0 fully saturated rings. The van der Waals surface area contributed by atoms with E-state index < -0.39 is 0 Å². The molecule has 0 aliphatic heterocycles. The summed E-state index contributed by atoms with van der Waals surface area (Å²) < 4.78 is 11.0. The van der Waals surface area contributed by atoms with Gasteiger partial charge in [0.05, 0.1) is 7.11 Å². The van der Waals surface area contributed by atoms with E-state index in [1.54, 1.807) is 7.11 Å². The van der Waals surface area contributed by atoms with Gasteiger partial charge in [-0.05, 0) is 60.7 Å². The molecule has 0 aliphatic carbocycles. The van der Waals surface area contributed by atoms with E-state index in [2.05, 4.69) is 22.0 Å². The van der Waals surface area contributed by atoms with Crippen LogP contribution in [-0.2, 0) is 0 Å². The molecule has 0 saturated carbocycles. The molecule has 1 heterocycles. The van der Waals surface area contributed by atoms with Crippen LogP contribution in [0.25, 0.3) is 22.9 Å². The second-order valence-electron chi connectivity index (χ2n) is 5.83. The average Bonchev–Trinajstić information content (AvgIpc) is 3.24. The second kappa shape index (κ2) is 7.59. The quantitative estimate of drug-likeness (QED) is 0.496. The van der Waals surface area contributed by atoms with Gasteiger partial charge in [-0.3, -0.25) is 0 Å². The third-order valence-electron chi connectivity index (χ3n) is 4.02. The van der Waals surface area contributed by atoms with Gasteiger partial charge in [-0.2, -0.15) is 0 Å². The monoisotopic (exact) mass is 352 g/mol. The van der Waals surface area contributed by atoms with Crippen molar-refractivity contribution in [3.8, 4) is 40.5 Å². The molecule has 4 heteroatoms. The van der Waals surface area contributed by atoms with Crippen LogP contribution in [0, 0.1) is 11.8 Å². The van der Waals surface area contributed by atoms with Crippen LogP contribution >= 0.6 is 0 Å². The van der Waals surface area contributed by atoms with Gasteiger partial charge >= 0.3 is 0 Å². The zero-order chi connectivity index (χ0) is 18.5. The molecular weight excluding hydrogens is 336 g/mol. The van der Waals surface area contributed by atoms with Gasteiger partial charge in [-0.1, -0.05) is 30.0 Å². The van der Waals surface area contributed by atoms with Gasteiger partial charge in [0.15, 0.2) is 0 Å². The highest BCUT2D eigenvalue weighted by atomic mass is 16.5. The summed E-state index contributed by atoms with van der Waals surface area (Å²) >= 11 is 0. The minimum absolute atomic E-state index is 0.473. The largest absolute Gasteiger partial charge is 0.497 e. The summed E-state index contributed by atoms with van der Waals surface area (Å²) in [5, 5.41) is 8.28. The van der Waals surface area contributed by atoms with E-state index in [4.69, 9.17) is 9.15 Å². The lowest BCUT2D eigenvalue weighted by molar-refractivity contribution is 0.415. The zero-order valence-electron chi connectivity index (χ0n) is 14.7. The first-order valence-electron chi connectivity index (χ1n) is 8.47. The Morgan fingerprint density at radius 3 is 1.74 bits per heavy atom. The van der Waals surface area contributed by atoms with Crippen LogP contribution in [0.3, 0.4) is 0 Å². The molecular formula is C23H16N2O2. The number of hydrogen-bond donors (Lipinski definition) is 0. The van der Waals surface area contributed by atoms with Crippen molar-refractivity contribution in [1.29, 1.82) is 0 Å². The van der Waals surface area contributed by atoms with Crippen LogP contribution in [0.15, 0.2) is 83.3 Å². The van der Waals surface area contributed by atoms with Crippen molar-refractivity contribution in [3.63, 3.8) is 0 Å². The van der Waals surface area contributed by atoms with E-state index in [1.807, 2.05) is 78.9 Å². The Labute approximate surface area is 157 Å². The fraction of sp³-hybridized carbons (Fsp3) is 0.0435. The Hall–Kier alpha value is -3.84. The molecule has 4 rings (SSSR count). The Morgan fingerprint density at radius 2 is 1.19 bits per heavy atom. The van der Waals surface area contributed by atoms with Gasteiger partial charge in [0, 0.05) is 22.3 Å². The van der Waals surface area contributed by atoms with Crippen molar-refractivity contribution in [2.24, 2.45) is 0 Å². The van der Waals surface area contributed by atoms with Crippen LogP contribution in [0.2, 0.25) is 0 Å². The van der Waals surface area contributed by atoms with Crippen molar-refractivity contribution in [2.75, 3.05) is 7.11 Å². The van der Waals surface area contributed by atoms with Gasteiger partial charge < -0.3 is 9.15 Å². The van der Waals surface area contributed by atoms with E-state index in [-0.39, 0.29) is 0 Å². The normalized spacial score (nSPS) is 10.1. The maximum absolute atomic E-state index is 5.80. The zero-order valence-corrected chi connectivity index (χ0v) is 14.7. The number of methoxy groups -OCH3 is 1. The summed E-state index contributed by atoms with van der Waals surface area (Å²) in [5.41, 5.74) is 3.62. The molecule has 0 amide bonds. The van der Waals surface area contributed by atoms with Gasteiger partial charge in [-0.25, -0.2) is 0 Å². The van der Waals surface area contributed by atoms with Gasteiger partial charge in [0.1, 0.15) is 5.75 Å². The fourth-order valence-electron chi connectivity index (χ4n) is 2.55. The predicted molar refractivity (Wildman–Crippen MR) is 104 cm³/mol. The molecule has 0 bridgehead atoms. The number of hydrogen-bond acceptors (Lipinski definition) is 4. The van der Waals surface area contributed by atoms with Crippen molar-refractivity contribution in [3.05, 3.63) is 90.0 Å². The average molecular weight is 352 g/mol. The molecule has 4 nitrogen and oxygen atoms in total. The highest BCUT2D eigenvalue weighted by Gasteiger charge is 2.10. The number of rotatable bonds is 3. The number of benzene rings is 3. The third kappa shape index (κ3) is 3.88. The standard InChI is InChI=1S/C23H16N2O2/c1-26-21-15-13-20(14-16-21)23-25-24-22(27-23)19-11-9-18(10-12-19)8-7-17-5-3-2-4-6-17/h2-6,9-16H,1H3. The molecule has 4 aromatic rings. The Bertz CT molecular complexity index is 1090. The smallest absolute Gasteiger partial charge is 0.248 e. The molecule has 0 radical (unpaired) electrons. The van der Waals surface area contributed by atoms with E-state index in [9.17, 15) is 0 Å². The highest BCUT2D eigenvalue weighted by molar-refractivity contribution is 5.59. The second-order valence-corrected chi connectivity index (χ2v) is 5.83. The molecule has 0 spiro atoms. The molecule has 1 aromatic heterocycles. The minimum Gasteiger partial charge on any atom is -0.497 e. The van der Waals surface area contributed by atoms with Gasteiger partial charge in [0.25, 0.3) is 0 Å². The summed E-state index contributed by atoms with van der Waals surface area (Å²) in [6.45, 7) is 0. The summed E-state index contributed by atoms with van der Waals surface area (Å²) in [5.74, 6) is 8.03. The minimum atomic E-state index is 0.473. The van der Waals surface area contributed by atoms with Crippen LogP contribution in [0.5, 0.6) is 5.75 Å². The van der Waals surface area contributed by atoms with E-state index in [0.717, 1.165) is 28.0 Å². The number of nitrogens with zero attached hydrogens (tertiary/aromatic N) is 2. The third-order valence-corrected chi connectivity index (χ3v) is 4.02. The predicted octanol–water partition coefficient (Wildman–Crippen LogP) is 4.81. The first kappa shape index (κ1) is 16.6. The summed E-state index contributed by atoms with van der Waals surface area (Å²) in [7, 11) is 1.63. The fourth-order valence-corrected chi connectivity index (χ4v) is 2.55. The Morgan fingerprint density at radius 1 is 0.667 bits per heavy atom. The molecule has 0 saturated heterocycles. The SMILES string of the molecule is COc1ccc(-c2nnc(-c3ccc(C#Cc4ccccc4)cc3)o2)cc1. The van der Waals surface area contributed by atoms with Crippen LogP contribution < -0.4 is 4.74 Å². The van der Waals surface area contributed by atoms with Crippen molar-refractivity contribution in [2.45, 2.75) is 0 Å². The van der Waals surface area contributed by atoms with Gasteiger partial charge in [0.2, 0.25) is 11.8 Å². The van der Waals surface area contributed by atoms with Crippen molar-refractivity contribution < 1.29 is 9.15 Å². The maximum Gasteiger partial charge on any atom is 0.248 e. The van der Waals surface area contributed by atoms with Crippen LogP contribution in [0.4, 0.5) is 0 Å². The lowest BCUT2D eigenvalue weighted by atomic mass is 10.1. The lowest BCUT2D eigenvalue weighted by Crippen LogP contribution is -1.82. The summed E-state index contributed by atoms with van der Waals surface area (Å²) in [6, 6.07) is 25.2. The number of ether oxygens (including phenoxy) is 1. The molecule has 0 aliphatic rings. The lowest BCUT2D eigenvalue weighted by Gasteiger charge is -1.99. The summed E-state index contributed by atoms with van der Waals surface area (Å²) in [4.78, 5) is 0. The molecule has 130 valence electrons. The van der Waals surface area contributed by atoms with Crippen LogP contribution in [0.1, 0.15) is 11.1 Å². The van der Waals surface area contributed by atoms with Crippen molar-refractivity contribution in [1.82, 2.24) is 10.2 Å². The summed E-state index contributed by atoms with van der Waals surface area (Å²) in [6.07, 6.45) is 0. The van der Waals surface area contributed by atoms with E-state index >= 15 is 0 Å². The first-order chi connectivity index (χ1) is 13.3. The highest BCUT2D eigenvalue weighted by Crippen LogP contribution is 2.25. The number of aromatic nitrogens is 2.